The highest BCUT2D eigenvalue weighted by Crippen LogP contribution is 2.28. The minimum Gasteiger partial charge on any atom is -0.465 e. The standard InChI is InChI=1S/C9H16N2O2/c1-7-6-10(8-2-3-8)4-5-11(7)9(12)13/h7-8H,2-6H2,1H3,(H,12,13). The molecule has 1 saturated heterocycles. The predicted molar refractivity (Wildman–Crippen MR) is 48.8 cm³/mol. The van der Waals surface area contributed by atoms with E-state index in [4.69, 9.17) is 5.11 Å². The monoisotopic (exact) mass is 184 g/mol. The highest BCUT2D eigenvalue weighted by atomic mass is 16.4. The second-order valence-electron chi connectivity index (χ2n) is 4.05. The van der Waals surface area contributed by atoms with Gasteiger partial charge in [0.2, 0.25) is 0 Å². The number of hydrogen-bond donors (Lipinski definition) is 1. The molecule has 0 radical (unpaired) electrons. The molecule has 2 fully saturated rings. The maximum atomic E-state index is 10.8. The van der Waals surface area contributed by atoms with Gasteiger partial charge < -0.3 is 10.0 Å². The van der Waals surface area contributed by atoms with Crippen LogP contribution in [0.15, 0.2) is 0 Å². The normalized spacial score (nSPS) is 30.5. The van der Waals surface area contributed by atoms with Crippen LogP contribution in [0.25, 0.3) is 0 Å². The van der Waals surface area contributed by atoms with Crippen LogP contribution in [-0.4, -0.2) is 52.7 Å². The zero-order valence-corrected chi connectivity index (χ0v) is 7.94. The van der Waals surface area contributed by atoms with Gasteiger partial charge in [-0.15, -0.1) is 0 Å². The molecule has 2 aliphatic rings. The van der Waals surface area contributed by atoms with E-state index in [1.165, 1.54) is 12.8 Å². The molecule has 1 heterocycles. The molecule has 1 aliphatic heterocycles. The summed E-state index contributed by atoms with van der Waals surface area (Å²) in [6, 6.07) is 0.922. The predicted octanol–water partition coefficient (Wildman–Crippen LogP) is 0.833. The van der Waals surface area contributed by atoms with E-state index >= 15 is 0 Å². The van der Waals surface area contributed by atoms with Crippen LogP contribution >= 0.6 is 0 Å². The van der Waals surface area contributed by atoms with Crippen LogP contribution < -0.4 is 0 Å². The van der Waals surface area contributed by atoms with Crippen LogP contribution in [-0.2, 0) is 0 Å². The van der Waals surface area contributed by atoms with Crippen LogP contribution in [0.1, 0.15) is 19.8 Å². The average Bonchev–Trinajstić information content (AvgIpc) is 2.85. The van der Waals surface area contributed by atoms with Crippen molar-refractivity contribution in [2.75, 3.05) is 19.6 Å². The Labute approximate surface area is 78.1 Å². The Morgan fingerprint density at radius 1 is 1.38 bits per heavy atom. The molecular weight excluding hydrogens is 168 g/mol. The van der Waals surface area contributed by atoms with Crippen molar-refractivity contribution < 1.29 is 9.90 Å². The molecule has 0 aromatic carbocycles. The Hall–Kier alpha value is -0.770. The lowest BCUT2D eigenvalue weighted by Gasteiger charge is -2.38. The number of nitrogens with zero attached hydrogens (tertiary/aromatic N) is 2. The van der Waals surface area contributed by atoms with E-state index in [-0.39, 0.29) is 6.04 Å². The van der Waals surface area contributed by atoms with Crippen molar-refractivity contribution in [2.45, 2.75) is 31.8 Å². The van der Waals surface area contributed by atoms with Gasteiger partial charge in [-0.2, -0.15) is 0 Å². The molecule has 1 aliphatic carbocycles. The average molecular weight is 184 g/mol. The molecule has 13 heavy (non-hydrogen) atoms. The second-order valence-corrected chi connectivity index (χ2v) is 4.05. The van der Waals surface area contributed by atoms with Gasteiger partial charge in [-0.25, -0.2) is 4.79 Å². The van der Waals surface area contributed by atoms with E-state index in [1.807, 2.05) is 6.92 Å². The third kappa shape index (κ3) is 1.77. The Bertz CT molecular complexity index is 216. The largest absolute Gasteiger partial charge is 0.465 e. The fraction of sp³-hybridized carbons (Fsp3) is 0.889. The van der Waals surface area contributed by atoms with Crippen molar-refractivity contribution in [1.82, 2.24) is 9.80 Å². The molecule has 1 unspecified atom stereocenters. The van der Waals surface area contributed by atoms with E-state index in [0.29, 0.717) is 6.54 Å². The molecule has 2 rings (SSSR count). The summed E-state index contributed by atoms with van der Waals surface area (Å²) in [6.07, 6.45) is 1.84. The number of hydrogen-bond acceptors (Lipinski definition) is 2. The Morgan fingerprint density at radius 2 is 2.08 bits per heavy atom. The summed E-state index contributed by atoms with van der Waals surface area (Å²) in [5.41, 5.74) is 0. The second kappa shape index (κ2) is 3.18. The lowest BCUT2D eigenvalue weighted by atomic mass is 10.2. The fourth-order valence-corrected chi connectivity index (χ4v) is 2.04. The van der Waals surface area contributed by atoms with Crippen molar-refractivity contribution in [1.29, 1.82) is 0 Å². The smallest absolute Gasteiger partial charge is 0.407 e. The summed E-state index contributed by atoms with van der Waals surface area (Å²) in [4.78, 5) is 14.7. The number of rotatable bonds is 1. The Kier molecular flexibility index (Phi) is 2.15. The van der Waals surface area contributed by atoms with E-state index in [1.54, 1.807) is 4.90 Å². The molecule has 0 bridgehead atoms. The lowest BCUT2D eigenvalue weighted by Crippen LogP contribution is -2.54. The van der Waals surface area contributed by atoms with Gasteiger partial charge >= 0.3 is 6.09 Å². The first kappa shape index (κ1) is 8.81. The first-order chi connectivity index (χ1) is 6.18. The zero-order valence-electron chi connectivity index (χ0n) is 7.94. The van der Waals surface area contributed by atoms with Crippen LogP contribution in [0.4, 0.5) is 4.79 Å². The molecule has 74 valence electrons. The summed E-state index contributed by atoms with van der Waals surface area (Å²) >= 11 is 0. The third-order valence-corrected chi connectivity index (χ3v) is 2.97. The van der Waals surface area contributed by atoms with Crippen LogP contribution in [0.2, 0.25) is 0 Å². The number of piperazine rings is 1. The van der Waals surface area contributed by atoms with Gasteiger partial charge in [-0.3, -0.25) is 4.90 Å². The fourth-order valence-electron chi connectivity index (χ4n) is 2.04. The van der Waals surface area contributed by atoms with Crippen molar-refractivity contribution in [3.05, 3.63) is 0 Å². The van der Waals surface area contributed by atoms with E-state index in [9.17, 15) is 4.79 Å². The number of carbonyl (C=O) groups is 1. The molecule has 4 heteroatoms. The highest BCUT2D eigenvalue weighted by Gasteiger charge is 2.35. The quantitative estimate of drug-likeness (QED) is 0.656. The third-order valence-electron chi connectivity index (χ3n) is 2.97. The molecular formula is C9H16N2O2. The van der Waals surface area contributed by atoms with Crippen LogP contribution in [0, 0.1) is 0 Å². The topological polar surface area (TPSA) is 43.8 Å². The van der Waals surface area contributed by atoms with Gasteiger partial charge in [-0.1, -0.05) is 0 Å². The van der Waals surface area contributed by atoms with E-state index in [0.717, 1.165) is 19.1 Å². The maximum absolute atomic E-state index is 10.8. The summed E-state index contributed by atoms with van der Waals surface area (Å²) in [7, 11) is 0. The maximum Gasteiger partial charge on any atom is 0.407 e. The summed E-state index contributed by atoms with van der Waals surface area (Å²) in [5.74, 6) is 0. The number of amides is 1. The minimum atomic E-state index is -0.775. The van der Waals surface area contributed by atoms with Gasteiger partial charge in [0.25, 0.3) is 0 Å². The van der Waals surface area contributed by atoms with Crippen LogP contribution in [0.3, 0.4) is 0 Å². The molecule has 0 spiro atoms. The molecule has 1 N–H and O–H groups in total. The van der Waals surface area contributed by atoms with Gasteiger partial charge in [0.05, 0.1) is 0 Å². The number of carboxylic acid groups (broad SMARTS) is 1. The summed E-state index contributed by atoms with van der Waals surface area (Å²) in [5, 5.41) is 8.86. The van der Waals surface area contributed by atoms with Crippen molar-refractivity contribution in [3.8, 4) is 0 Å². The first-order valence-electron chi connectivity index (χ1n) is 4.92. The molecule has 4 nitrogen and oxygen atoms in total. The molecule has 1 atom stereocenters. The van der Waals surface area contributed by atoms with Gasteiger partial charge in [0, 0.05) is 31.7 Å². The lowest BCUT2D eigenvalue weighted by molar-refractivity contribution is 0.0708. The van der Waals surface area contributed by atoms with Gasteiger partial charge in [0.15, 0.2) is 0 Å². The van der Waals surface area contributed by atoms with E-state index in [2.05, 4.69) is 4.90 Å². The SMILES string of the molecule is CC1CN(C2CC2)CCN1C(=O)O. The van der Waals surface area contributed by atoms with Crippen LogP contribution in [0.5, 0.6) is 0 Å². The van der Waals surface area contributed by atoms with Gasteiger partial charge in [-0.05, 0) is 19.8 Å². The van der Waals surface area contributed by atoms with Gasteiger partial charge in [0.1, 0.15) is 0 Å². The Morgan fingerprint density at radius 3 is 2.54 bits per heavy atom. The summed E-state index contributed by atoms with van der Waals surface area (Å²) < 4.78 is 0. The van der Waals surface area contributed by atoms with Crippen molar-refractivity contribution in [2.24, 2.45) is 0 Å². The summed E-state index contributed by atoms with van der Waals surface area (Å²) in [6.45, 7) is 4.49. The molecule has 0 aromatic rings. The molecule has 1 saturated carbocycles. The van der Waals surface area contributed by atoms with Crippen molar-refractivity contribution >= 4 is 6.09 Å². The Balaban J connectivity index is 1.90. The van der Waals surface area contributed by atoms with Crippen molar-refractivity contribution in [3.63, 3.8) is 0 Å². The zero-order chi connectivity index (χ0) is 9.42. The highest BCUT2D eigenvalue weighted by molar-refractivity contribution is 5.65. The molecule has 1 amide bonds. The first-order valence-corrected chi connectivity index (χ1v) is 4.92. The molecule has 0 aromatic heterocycles. The van der Waals surface area contributed by atoms with E-state index < -0.39 is 6.09 Å². The minimum absolute atomic E-state index is 0.159.